The molecule has 3 heterocycles. The lowest BCUT2D eigenvalue weighted by molar-refractivity contribution is -0.126. The summed E-state index contributed by atoms with van der Waals surface area (Å²) >= 11 is 0. The quantitative estimate of drug-likeness (QED) is 0.676. The lowest BCUT2D eigenvalue weighted by atomic mass is 10.0. The van der Waals surface area contributed by atoms with Gasteiger partial charge in [-0.3, -0.25) is 4.79 Å². The van der Waals surface area contributed by atoms with Gasteiger partial charge in [0.2, 0.25) is 5.91 Å². The molecule has 0 atom stereocenters. The highest BCUT2D eigenvalue weighted by molar-refractivity contribution is 5.87. The summed E-state index contributed by atoms with van der Waals surface area (Å²) in [6, 6.07) is 6.99. The number of aryl methyl sites for hydroxylation is 1. The van der Waals surface area contributed by atoms with Gasteiger partial charge in [0, 0.05) is 44.0 Å². The molecule has 0 bridgehead atoms. The van der Waals surface area contributed by atoms with Crippen LogP contribution in [0.1, 0.15) is 35.2 Å². The third-order valence-corrected chi connectivity index (χ3v) is 6.80. The SMILES string of the molecule is C=CC(=O)N1CCN(c2nc(OC3CC3)nc3c2CCN(c2cccc(C)c2C)C3)CC1. The van der Waals surface area contributed by atoms with Gasteiger partial charge in [-0.25, -0.2) is 0 Å². The molecule has 7 nitrogen and oxygen atoms in total. The van der Waals surface area contributed by atoms with Crippen molar-refractivity contribution < 1.29 is 9.53 Å². The van der Waals surface area contributed by atoms with E-state index in [0.717, 1.165) is 57.0 Å². The number of hydrogen-bond acceptors (Lipinski definition) is 6. The first-order valence-electron chi connectivity index (χ1n) is 11.6. The molecule has 1 saturated carbocycles. The van der Waals surface area contributed by atoms with Crippen molar-refractivity contribution in [1.82, 2.24) is 14.9 Å². The minimum absolute atomic E-state index is 0.00344. The number of anilines is 2. The number of amides is 1. The minimum atomic E-state index is -0.00344. The monoisotopic (exact) mass is 433 g/mol. The Kier molecular flexibility index (Phi) is 5.49. The number of rotatable bonds is 5. The molecule has 0 radical (unpaired) electrons. The van der Waals surface area contributed by atoms with Crippen LogP contribution in [0.5, 0.6) is 6.01 Å². The molecule has 3 aliphatic rings. The van der Waals surface area contributed by atoms with Gasteiger partial charge in [-0.05, 0) is 56.4 Å². The smallest absolute Gasteiger partial charge is 0.318 e. The summed E-state index contributed by atoms with van der Waals surface area (Å²) in [5, 5.41) is 0. The van der Waals surface area contributed by atoms with Crippen LogP contribution in [0, 0.1) is 13.8 Å². The molecule has 7 heteroatoms. The standard InChI is InChI=1S/C25H31N5O2/c1-4-23(31)28-12-14-29(15-13-28)24-20-10-11-30(22-7-5-6-17(2)18(22)3)16-21(20)26-25(27-24)32-19-8-9-19/h4-7,19H,1,8-16H2,2-3H3. The van der Waals surface area contributed by atoms with E-state index in [9.17, 15) is 4.79 Å². The van der Waals surface area contributed by atoms with E-state index in [4.69, 9.17) is 14.7 Å². The second kappa shape index (κ2) is 8.45. The summed E-state index contributed by atoms with van der Waals surface area (Å²) in [6.45, 7) is 12.5. The van der Waals surface area contributed by atoms with E-state index in [2.05, 4.69) is 48.4 Å². The van der Waals surface area contributed by atoms with E-state index < -0.39 is 0 Å². The first kappa shape index (κ1) is 20.8. The van der Waals surface area contributed by atoms with Crippen molar-refractivity contribution in [3.05, 3.63) is 53.2 Å². The normalized spacial score (nSPS) is 18.4. The Morgan fingerprint density at radius 2 is 1.88 bits per heavy atom. The Labute approximate surface area is 189 Å². The topological polar surface area (TPSA) is 61.8 Å². The maximum Gasteiger partial charge on any atom is 0.318 e. The number of piperazine rings is 1. The number of hydrogen-bond donors (Lipinski definition) is 0. The first-order valence-corrected chi connectivity index (χ1v) is 11.6. The Balaban J connectivity index is 1.43. The molecular formula is C25H31N5O2. The van der Waals surface area contributed by atoms with Crippen LogP contribution < -0.4 is 14.5 Å². The maximum atomic E-state index is 12.0. The Morgan fingerprint density at radius 3 is 2.59 bits per heavy atom. The van der Waals surface area contributed by atoms with Crippen LogP contribution in [0.3, 0.4) is 0 Å². The number of fused-ring (bicyclic) bond motifs is 1. The molecule has 2 fully saturated rings. The van der Waals surface area contributed by atoms with Gasteiger partial charge in [-0.15, -0.1) is 0 Å². The molecule has 1 amide bonds. The van der Waals surface area contributed by atoms with Crippen molar-refractivity contribution in [2.75, 3.05) is 42.5 Å². The average molecular weight is 434 g/mol. The number of carbonyl (C=O) groups excluding carboxylic acids is 1. The third-order valence-electron chi connectivity index (χ3n) is 6.80. The predicted octanol–water partition coefficient (Wildman–Crippen LogP) is 3.03. The highest BCUT2D eigenvalue weighted by atomic mass is 16.5. The highest BCUT2D eigenvalue weighted by Gasteiger charge is 2.31. The largest absolute Gasteiger partial charge is 0.460 e. The molecule has 168 valence electrons. The number of benzene rings is 1. The fraction of sp³-hybridized carbons (Fsp3) is 0.480. The van der Waals surface area contributed by atoms with Crippen LogP contribution >= 0.6 is 0 Å². The molecular weight excluding hydrogens is 402 g/mol. The van der Waals surface area contributed by atoms with Crippen LogP contribution in [-0.2, 0) is 17.8 Å². The summed E-state index contributed by atoms with van der Waals surface area (Å²) < 4.78 is 6.04. The maximum absolute atomic E-state index is 12.0. The summed E-state index contributed by atoms with van der Waals surface area (Å²) in [5.74, 6) is 0.980. The number of nitrogens with zero attached hydrogens (tertiary/aromatic N) is 5. The molecule has 1 aromatic carbocycles. The summed E-state index contributed by atoms with van der Waals surface area (Å²) in [5.41, 5.74) is 6.18. The van der Waals surface area contributed by atoms with Crippen molar-refractivity contribution in [3.8, 4) is 6.01 Å². The van der Waals surface area contributed by atoms with E-state index in [1.54, 1.807) is 0 Å². The van der Waals surface area contributed by atoms with Crippen molar-refractivity contribution in [1.29, 1.82) is 0 Å². The molecule has 1 aromatic heterocycles. The van der Waals surface area contributed by atoms with E-state index >= 15 is 0 Å². The molecule has 0 N–H and O–H groups in total. The van der Waals surface area contributed by atoms with Crippen molar-refractivity contribution in [3.63, 3.8) is 0 Å². The summed E-state index contributed by atoms with van der Waals surface area (Å²) in [6.07, 6.45) is 4.69. The van der Waals surface area contributed by atoms with Crippen molar-refractivity contribution in [2.24, 2.45) is 0 Å². The van der Waals surface area contributed by atoms with Gasteiger partial charge in [0.25, 0.3) is 0 Å². The number of ether oxygens (including phenoxy) is 1. The fourth-order valence-electron chi connectivity index (χ4n) is 4.59. The Morgan fingerprint density at radius 1 is 1.09 bits per heavy atom. The van der Waals surface area contributed by atoms with Gasteiger partial charge in [-0.2, -0.15) is 9.97 Å². The van der Waals surface area contributed by atoms with Crippen LogP contribution in [0.2, 0.25) is 0 Å². The molecule has 0 spiro atoms. The van der Waals surface area contributed by atoms with Gasteiger partial charge < -0.3 is 19.4 Å². The van der Waals surface area contributed by atoms with Gasteiger partial charge in [0.05, 0.1) is 12.2 Å². The Hall–Kier alpha value is -3.09. The van der Waals surface area contributed by atoms with Crippen LogP contribution in [-0.4, -0.2) is 59.6 Å². The number of carbonyl (C=O) groups is 1. The Bertz CT molecular complexity index is 1040. The minimum Gasteiger partial charge on any atom is -0.460 e. The second-order valence-corrected chi connectivity index (χ2v) is 8.98. The van der Waals surface area contributed by atoms with E-state index in [-0.39, 0.29) is 12.0 Å². The zero-order valence-electron chi connectivity index (χ0n) is 19.0. The van der Waals surface area contributed by atoms with Gasteiger partial charge in [0.15, 0.2) is 0 Å². The lowest BCUT2D eigenvalue weighted by Gasteiger charge is -2.38. The van der Waals surface area contributed by atoms with Crippen molar-refractivity contribution in [2.45, 2.75) is 45.8 Å². The lowest BCUT2D eigenvalue weighted by Crippen LogP contribution is -2.49. The number of aromatic nitrogens is 2. The molecule has 5 rings (SSSR count). The summed E-state index contributed by atoms with van der Waals surface area (Å²) in [7, 11) is 0. The summed E-state index contributed by atoms with van der Waals surface area (Å²) in [4.78, 5) is 28.3. The molecule has 32 heavy (non-hydrogen) atoms. The van der Waals surface area contributed by atoms with Crippen molar-refractivity contribution >= 4 is 17.4 Å². The molecule has 1 saturated heterocycles. The molecule has 2 aromatic rings. The van der Waals surface area contributed by atoms with E-state index in [1.165, 1.54) is 28.5 Å². The van der Waals surface area contributed by atoms with E-state index in [1.807, 2.05) is 4.90 Å². The zero-order chi connectivity index (χ0) is 22.2. The van der Waals surface area contributed by atoms with Gasteiger partial charge >= 0.3 is 6.01 Å². The molecule has 2 aliphatic heterocycles. The zero-order valence-corrected chi connectivity index (χ0v) is 19.0. The van der Waals surface area contributed by atoms with Crippen LogP contribution in [0.4, 0.5) is 11.5 Å². The van der Waals surface area contributed by atoms with E-state index in [0.29, 0.717) is 19.1 Å². The van der Waals surface area contributed by atoms with Crippen LogP contribution in [0.25, 0.3) is 0 Å². The third kappa shape index (κ3) is 4.04. The van der Waals surface area contributed by atoms with Gasteiger partial charge in [-0.1, -0.05) is 18.7 Å². The average Bonchev–Trinajstić information content (AvgIpc) is 3.63. The second-order valence-electron chi connectivity index (χ2n) is 8.98. The van der Waals surface area contributed by atoms with Crippen LogP contribution in [0.15, 0.2) is 30.9 Å². The molecule has 0 unspecified atom stereocenters. The molecule has 1 aliphatic carbocycles. The van der Waals surface area contributed by atoms with Gasteiger partial charge in [0.1, 0.15) is 11.9 Å². The highest BCUT2D eigenvalue weighted by Crippen LogP contribution is 2.34. The predicted molar refractivity (Wildman–Crippen MR) is 125 cm³/mol. The first-order chi connectivity index (χ1) is 15.5. The fourth-order valence-corrected chi connectivity index (χ4v) is 4.59.